The van der Waals surface area contributed by atoms with Gasteiger partial charge < -0.3 is 9.30 Å². The molecule has 4 aliphatic carbocycles. The van der Waals surface area contributed by atoms with E-state index in [1.54, 1.807) is 0 Å². The van der Waals surface area contributed by atoms with Gasteiger partial charge in [-0.2, -0.15) is 0 Å². The third-order valence-electron chi connectivity index (χ3n) is 15.5. The maximum Gasteiger partial charge on any atom is 0.150 e. The van der Waals surface area contributed by atoms with Crippen LogP contribution in [0.5, 0.6) is 5.75 Å². The van der Waals surface area contributed by atoms with Crippen LogP contribution in [0, 0.1) is 0 Å². The summed E-state index contributed by atoms with van der Waals surface area (Å²) in [6.45, 7) is 4.72. The van der Waals surface area contributed by atoms with Gasteiger partial charge in [0.25, 0.3) is 0 Å². The fourth-order valence-electron chi connectivity index (χ4n) is 12.9. The highest BCUT2D eigenvalue weighted by Crippen LogP contribution is 2.64. The van der Waals surface area contributed by atoms with Gasteiger partial charge in [-0.3, -0.25) is 0 Å². The van der Waals surface area contributed by atoms with E-state index in [9.17, 15) is 0 Å². The Bertz CT molecular complexity index is 3780. The summed E-state index contributed by atoms with van der Waals surface area (Å²) < 4.78 is 9.43. The second kappa shape index (κ2) is 12.0. The molecule has 0 N–H and O–H groups in total. The fourth-order valence-corrected chi connectivity index (χ4v) is 12.9. The van der Waals surface area contributed by atoms with Crippen molar-refractivity contribution < 1.29 is 4.74 Å². The number of hydrogen-bond acceptors (Lipinski definition) is 2. The van der Waals surface area contributed by atoms with Gasteiger partial charge in [0.2, 0.25) is 0 Å². The van der Waals surface area contributed by atoms with Crippen LogP contribution in [0.4, 0.5) is 0 Å². The molecule has 0 fully saturated rings. The van der Waals surface area contributed by atoms with Crippen LogP contribution in [0.15, 0.2) is 194 Å². The highest BCUT2D eigenvalue weighted by molar-refractivity contribution is 6.20. The zero-order chi connectivity index (χ0) is 42.1. The summed E-state index contributed by atoms with van der Waals surface area (Å²) in [7, 11) is 0. The minimum atomic E-state index is -0.424. The van der Waals surface area contributed by atoms with E-state index in [1.807, 2.05) is 0 Å². The van der Waals surface area contributed by atoms with Crippen molar-refractivity contribution >= 4 is 32.6 Å². The summed E-state index contributed by atoms with van der Waals surface area (Å²) in [6.07, 6.45) is 8.78. The number of ether oxygens (including phenoxy) is 1. The van der Waals surface area contributed by atoms with Crippen molar-refractivity contribution in [3.05, 3.63) is 233 Å². The van der Waals surface area contributed by atoms with Crippen LogP contribution >= 0.6 is 0 Å². The van der Waals surface area contributed by atoms with Gasteiger partial charge in [0, 0.05) is 38.2 Å². The Morgan fingerprint density at radius 3 is 1.95 bits per heavy atom. The summed E-state index contributed by atoms with van der Waals surface area (Å²) in [5, 5.41) is 4.76. The van der Waals surface area contributed by atoms with Crippen LogP contribution in [-0.2, 0) is 10.8 Å². The number of hydrogen-bond donors (Lipinski definition) is 0. The molecule has 2 atom stereocenters. The Balaban J connectivity index is 0.998. The fraction of sp³-hybridized carbons (Fsp3) is 0.0984. The molecule has 3 heterocycles. The van der Waals surface area contributed by atoms with E-state index in [-0.39, 0.29) is 17.4 Å². The zero-order valence-electron chi connectivity index (χ0n) is 35.4. The molecule has 10 aromatic rings. The molecule has 300 valence electrons. The van der Waals surface area contributed by atoms with Gasteiger partial charge in [-0.15, -0.1) is 0 Å². The zero-order valence-corrected chi connectivity index (χ0v) is 35.4. The first-order valence-electron chi connectivity index (χ1n) is 22.6. The molecular weight excluding hydrogens is 777 g/mol. The van der Waals surface area contributed by atoms with Gasteiger partial charge in [0.05, 0.1) is 33.8 Å². The first-order valence-corrected chi connectivity index (χ1v) is 22.6. The predicted octanol–water partition coefficient (Wildman–Crippen LogP) is 14.6. The lowest BCUT2D eigenvalue weighted by Crippen LogP contribution is -2.25. The Morgan fingerprint density at radius 2 is 1.17 bits per heavy atom. The number of rotatable bonds is 2. The van der Waals surface area contributed by atoms with Crippen molar-refractivity contribution in [1.82, 2.24) is 9.55 Å². The summed E-state index contributed by atoms with van der Waals surface area (Å²) >= 11 is 0. The summed E-state index contributed by atoms with van der Waals surface area (Å²) in [5.74, 6) is 1.10. The second-order valence-electron chi connectivity index (χ2n) is 18.8. The van der Waals surface area contributed by atoms with Crippen molar-refractivity contribution in [2.75, 3.05) is 0 Å². The van der Waals surface area contributed by atoms with Crippen LogP contribution < -0.4 is 4.74 Å². The molecule has 1 spiro atoms. The number of fused-ring (bicyclic) bond motifs is 22. The molecule has 0 amide bonds. The highest BCUT2D eigenvalue weighted by atomic mass is 16.5. The van der Waals surface area contributed by atoms with Crippen LogP contribution in [0.1, 0.15) is 58.8 Å². The first kappa shape index (κ1) is 34.8. The van der Waals surface area contributed by atoms with Gasteiger partial charge in [-0.25, -0.2) is 4.98 Å². The molecule has 3 nitrogen and oxygen atoms in total. The van der Waals surface area contributed by atoms with E-state index >= 15 is 0 Å². The van der Waals surface area contributed by atoms with Gasteiger partial charge in [-0.05, 0) is 103 Å². The Labute approximate surface area is 371 Å². The number of nitrogens with zero attached hydrogens (tertiary/aromatic N) is 2. The first-order chi connectivity index (χ1) is 31.5. The van der Waals surface area contributed by atoms with Gasteiger partial charge in [0.15, 0.2) is 0 Å². The molecule has 0 saturated heterocycles. The summed E-state index contributed by atoms with van der Waals surface area (Å²) in [5.41, 5.74) is 22.0. The molecule has 1 aliphatic heterocycles. The largest absolute Gasteiger partial charge is 0.483 e. The maximum atomic E-state index is 6.94. The Kier molecular flexibility index (Phi) is 6.54. The lowest BCUT2D eigenvalue weighted by Gasteiger charge is -2.30. The molecular formula is C61H40N2O. The Morgan fingerprint density at radius 1 is 0.516 bits per heavy atom. The molecule has 15 rings (SSSR count). The second-order valence-corrected chi connectivity index (χ2v) is 18.8. The topological polar surface area (TPSA) is 27.1 Å². The van der Waals surface area contributed by atoms with Crippen molar-refractivity contribution in [3.8, 4) is 56.1 Å². The van der Waals surface area contributed by atoms with E-state index < -0.39 is 5.41 Å². The van der Waals surface area contributed by atoms with Crippen LogP contribution in [0.2, 0.25) is 0 Å². The number of pyridine rings is 1. The third-order valence-corrected chi connectivity index (χ3v) is 15.5. The van der Waals surface area contributed by atoms with Gasteiger partial charge in [-0.1, -0.05) is 172 Å². The average Bonchev–Trinajstić information content (AvgIpc) is 4.10. The summed E-state index contributed by atoms with van der Waals surface area (Å²) in [6, 6.07) is 63.7. The van der Waals surface area contributed by atoms with Crippen molar-refractivity contribution in [1.29, 1.82) is 0 Å². The molecule has 5 aliphatic rings. The quantitative estimate of drug-likeness (QED) is 0.163. The molecule has 3 heteroatoms. The normalized spacial score (nSPS) is 18.1. The molecule has 0 saturated carbocycles. The highest BCUT2D eigenvalue weighted by Gasteiger charge is 2.52. The smallest absolute Gasteiger partial charge is 0.150 e. The van der Waals surface area contributed by atoms with E-state index in [0.29, 0.717) is 0 Å². The van der Waals surface area contributed by atoms with Gasteiger partial charge >= 0.3 is 0 Å². The molecule has 2 aromatic heterocycles. The summed E-state index contributed by atoms with van der Waals surface area (Å²) in [4.78, 5) is 5.57. The minimum Gasteiger partial charge on any atom is -0.483 e. The van der Waals surface area contributed by atoms with E-state index in [1.165, 1.54) is 94.1 Å². The molecule has 0 radical (unpaired) electrons. The number of allylic oxidation sites excluding steroid dienone is 2. The van der Waals surface area contributed by atoms with Crippen LogP contribution in [0.3, 0.4) is 0 Å². The maximum absolute atomic E-state index is 6.94. The number of benzene rings is 8. The van der Waals surface area contributed by atoms with E-state index in [4.69, 9.17) is 9.72 Å². The molecule has 8 aromatic carbocycles. The standard InChI is InChI=1S/C61H40N2O/c1-60(2)46-24-9-3-20-39(46)44-34-53-45(33-51(44)60)59-58(42-23-8-14-29-54(42)64-59)63(53)36-17-15-16-35(32-36)57-43-30-31-50-56(55(43)41-22-7-13-28-52(41)62-57)40-21-6-12-27-49(40)61(50)47-25-10-4-18-37(47)38-19-5-11-26-48(38)61/h3-34,42,54H,1-2H3. The van der Waals surface area contributed by atoms with Crippen LogP contribution in [0.25, 0.3) is 82.9 Å². The number of para-hydroxylation sites is 1. The SMILES string of the molecule is CC1(C)c2ccccc2-c2cc3c(cc21)c1c(n3-c2cccc(-c3nc4ccccc4c4c5c(ccc34)C3(c4ccccc4-c4ccccc43)c3ccccc3-5)c2)C2C=CC=CC2O1. The monoisotopic (exact) mass is 816 g/mol. The van der Waals surface area contributed by atoms with Gasteiger partial charge in [0.1, 0.15) is 11.9 Å². The third kappa shape index (κ3) is 4.12. The lowest BCUT2D eigenvalue weighted by molar-refractivity contribution is 0.271. The molecule has 64 heavy (non-hydrogen) atoms. The lowest BCUT2D eigenvalue weighted by atomic mass is 9.70. The van der Waals surface area contributed by atoms with E-state index in [2.05, 4.69) is 213 Å². The number of aromatic nitrogens is 2. The minimum absolute atomic E-state index is 0.0366. The molecule has 0 bridgehead atoms. The van der Waals surface area contributed by atoms with Crippen molar-refractivity contribution in [2.45, 2.75) is 36.7 Å². The molecule has 2 unspecified atom stereocenters. The Hall–Kier alpha value is -7.75. The van der Waals surface area contributed by atoms with Crippen LogP contribution in [-0.4, -0.2) is 15.7 Å². The van der Waals surface area contributed by atoms with Crippen molar-refractivity contribution in [3.63, 3.8) is 0 Å². The van der Waals surface area contributed by atoms with Crippen molar-refractivity contribution in [2.24, 2.45) is 0 Å². The predicted molar refractivity (Wildman–Crippen MR) is 261 cm³/mol. The van der Waals surface area contributed by atoms with E-state index in [0.717, 1.165) is 33.6 Å². The average molecular weight is 817 g/mol.